The summed E-state index contributed by atoms with van der Waals surface area (Å²) >= 11 is 0. The first-order valence-electron chi connectivity index (χ1n) is 6.01. The summed E-state index contributed by atoms with van der Waals surface area (Å²) in [7, 11) is 0. The molecule has 0 aliphatic heterocycles. The molecule has 0 saturated heterocycles. The molecule has 3 aromatic rings. The molecule has 0 atom stereocenters. The molecule has 3 rings (SSSR count). The lowest BCUT2D eigenvalue weighted by atomic mass is 10.2. The van der Waals surface area contributed by atoms with Crippen molar-refractivity contribution in [1.82, 2.24) is 14.5 Å². The van der Waals surface area contributed by atoms with E-state index in [4.69, 9.17) is 0 Å². The Kier molecular flexibility index (Phi) is 2.68. The summed E-state index contributed by atoms with van der Waals surface area (Å²) in [5.41, 5.74) is 2.02. The van der Waals surface area contributed by atoms with Crippen LogP contribution in [-0.4, -0.2) is 21.1 Å². The zero-order valence-corrected chi connectivity index (χ0v) is 10.2. The van der Waals surface area contributed by atoms with Gasteiger partial charge in [0, 0.05) is 24.3 Å². The fourth-order valence-corrected chi connectivity index (χ4v) is 1.99. The van der Waals surface area contributed by atoms with E-state index in [2.05, 4.69) is 34.3 Å². The van der Waals surface area contributed by atoms with E-state index in [9.17, 15) is 0 Å². The SMILES string of the molecule is CCNc1nccn1-c1cnc2ccccc2c1. The van der Waals surface area contributed by atoms with Crippen LogP contribution in [0, 0.1) is 0 Å². The fraction of sp³-hybridized carbons (Fsp3) is 0.143. The quantitative estimate of drug-likeness (QED) is 0.763. The van der Waals surface area contributed by atoms with Crippen LogP contribution in [0.2, 0.25) is 0 Å². The van der Waals surface area contributed by atoms with Crippen molar-refractivity contribution in [3.05, 3.63) is 48.9 Å². The summed E-state index contributed by atoms with van der Waals surface area (Å²) < 4.78 is 2.00. The third kappa shape index (κ3) is 1.82. The van der Waals surface area contributed by atoms with E-state index in [1.807, 2.05) is 35.2 Å². The van der Waals surface area contributed by atoms with Crippen LogP contribution in [0.5, 0.6) is 0 Å². The molecule has 2 heterocycles. The van der Waals surface area contributed by atoms with Crippen LogP contribution in [0.15, 0.2) is 48.9 Å². The van der Waals surface area contributed by atoms with Crippen molar-refractivity contribution < 1.29 is 0 Å². The number of hydrogen-bond acceptors (Lipinski definition) is 3. The van der Waals surface area contributed by atoms with Crippen LogP contribution in [-0.2, 0) is 0 Å². The van der Waals surface area contributed by atoms with Crippen LogP contribution < -0.4 is 5.32 Å². The Morgan fingerprint density at radius 1 is 1.22 bits per heavy atom. The van der Waals surface area contributed by atoms with Gasteiger partial charge in [-0.05, 0) is 19.1 Å². The number of nitrogens with zero attached hydrogens (tertiary/aromatic N) is 3. The van der Waals surface area contributed by atoms with E-state index in [0.717, 1.165) is 29.1 Å². The van der Waals surface area contributed by atoms with Crippen LogP contribution in [0.4, 0.5) is 5.95 Å². The molecule has 0 aliphatic rings. The molecule has 0 radical (unpaired) electrons. The van der Waals surface area contributed by atoms with Gasteiger partial charge in [0.15, 0.2) is 0 Å². The number of nitrogens with one attached hydrogen (secondary N) is 1. The minimum absolute atomic E-state index is 0.842. The molecule has 2 aromatic heterocycles. The highest BCUT2D eigenvalue weighted by Gasteiger charge is 2.04. The van der Waals surface area contributed by atoms with Crippen molar-refractivity contribution >= 4 is 16.9 Å². The summed E-state index contributed by atoms with van der Waals surface area (Å²) in [6.45, 7) is 2.90. The Bertz CT molecular complexity index is 672. The summed E-state index contributed by atoms with van der Waals surface area (Å²) in [4.78, 5) is 8.75. The monoisotopic (exact) mass is 238 g/mol. The van der Waals surface area contributed by atoms with Gasteiger partial charge in [-0.3, -0.25) is 9.55 Å². The molecule has 90 valence electrons. The highest BCUT2D eigenvalue weighted by atomic mass is 15.2. The van der Waals surface area contributed by atoms with Gasteiger partial charge in [-0.2, -0.15) is 0 Å². The molecule has 0 aliphatic carbocycles. The zero-order valence-electron chi connectivity index (χ0n) is 10.2. The van der Waals surface area contributed by atoms with E-state index in [1.165, 1.54) is 0 Å². The molecule has 1 aromatic carbocycles. The van der Waals surface area contributed by atoms with Crippen molar-refractivity contribution in [2.75, 3.05) is 11.9 Å². The predicted octanol–water partition coefficient (Wildman–Crippen LogP) is 2.85. The molecular weight excluding hydrogens is 224 g/mol. The molecule has 0 spiro atoms. The Morgan fingerprint density at radius 3 is 3.00 bits per heavy atom. The van der Waals surface area contributed by atoms with Gasteiger partial charge in [0.2, 0.25) is 5.95 Å². The van der Waals surface area contributed by atoms with Gasteiger partial charge in [-0.25, -0.2) is 4.98 Å². The summed E-state index contributed by atoms with van der Waals surface area (Å²) in [6.07, 6.45) is 5.59. The lowest BCUT2D eigenvalue weighted by molar-refractivity contribution is 1.02. The third-order valence-corrected chi connectivity index (χ3v) is 2.83. The van der Waals surface area contributed by atoms with Gasteiger partial charge in [-0.15, -0.1) is 0 Å². The van der Waals surface area contributed by atoms with Crippen LogP contribution in [0.1, 0.15) is 6.92 Å². The van der Waals surface area contributed by atoms with Gasteiger partial charge in [0.25, 0.3) is 0 Å². The highest BCUT2D eigenvalue weighted by Crippen LogP contribution is 2.18. The van der Waals surface area contributed by atoms with Gasteiger partial charge in [0.05, 0.1) is 17.4 Å². The molecule has 4 nitrogen and oxygen atoms in total. The van der Waals surface area contributed by atoms with E-state index in [1.54, 1.807) is 6.20 Å². The normalized spacial score (nSPS) is 10.7. The first kappa shape index (κ1) is 10.8. The van der Waals surface area contributed by atoms with E-state index in [-0.39, 0.29) is 0 Å². The lowest BCUT2D eigenvalue weighted by Gasteiger charge is -2.08. The van der Waals surface area contributed by atoms with Crippen LogP contribution >= 0.6 is 0 Å². The van der Waals surface area contributed by atoms with E-state index >= 15 is 0 Å². The lowest BCUT2D eigenvalue weighted by Crippen LogP contribution is -2.05. The number of rotatable bonds is 3. The maximum atomic E-state index is 4.46. The van der Waals surface area contributed by atoms with E-state index < -0.39 is 0 Å². The Morgan fingerprint density at radius 2 is 2.11 bits per heavy atom. The summed E-state index contributed by atoms with van der Waals surface area (Å²) in [5.74, 6) is 0.842. The van der Waals surface area contributed by atoms with Crippen LogP contribution in [0.25, 0.3) is 16.6 Å². The highest BCUT2D eigenvalue weighted by molar-refractivity contribution is 5.80. The topological polar surface area (TPSA) is 42.7 Å². The van der Waals surface area contributed by atoms with Gasteiger partial charge < -0.3 is 5.32 Å². The Labute approximate surface area is 105 Å². The first-order chi connectivity index (χ1) is 8.88. The number of para-hydroxylation sites is 1. The number of anilines is 1. The minimum Gasteiger partial charge on any atom is -0.356 e. The summed E-state index contributed by atoms with van der Waals surface area (Å²) in [6, 6.07) is 10.2. The molecule has 4 heteroatoms. The fourth-order valence-electron chi connectivity index (χ4n) is 1.99. The Hall–Kier alpha value is -2.36. The summed E-state index contributed by atoms with van der Waals surface area (Å²) in [5, 5.41) is 4.36. The van der Waals surface area contributed by atoms with E-state index in [0.29, 0.717) is 0 Å². The second-order valence-electron chi connectivity index (χ2n) is 4.04. The number of pyridine rings is 1. The molecule has 1 N–H and O–H groups in total. The second-order valence-corrected chi connectivity index (χ2v) is 4.04. The van der Waals surface area contributed by atoms with Crippen LogP contribution in [0.3, 0.4) is 0 Å². The van der Waals surface area contributed by atoms with Crippen molar-refractivity contribution in [2.45, 2.75) is 6.92 Å². The number of fused-ring (bicyclic) bond motifs is 1. The maximum absolute atomic E-state index is 4.46. The molecule has 0 bridgehead atoms. The average Bonchev–Trinajstić information content (AvgIpc) is 2.87. The second kappa shape index (κ2) is 4.49. The standard InChI is InChI=1S/C14H14N4/c1-2-15-14-16-7-8-18(14)12-9-11-5-3-4-6-13(11)17-10-12/h3-10H,2H2,1H3,(H,15,16). The minimum atomic E-state index is 0.842. The molecular formula is C14H14N4. The molecule has 18 heavy (non-hydrogen) atoms. The van der Waals surface area contributed by atoms with Crippen molar-refractivity contribution in [2.24, 2.45) is 0 Å². The molecule has 0 amide bonds. The predicted molar refractivity (Wildman–Crippen MR) is 73.0 cm³/mol. The zero-order chi connectivity index (χ0) is 12.4. The molecule has 0 unspecified atom stereocenters. The smallest absolute Gasteiger partial charge is 0.207 e. The third-order valence-electron chi connectivity index (χ3n) is 2.83. The van der Waals surface area contributed by atoms with Gasteiger partial charge in [0.1, 0.15) is 0 Å². The molecule has 0 fully saturated rings. The molecule has 0 saturated carbocycles. The number of imidazole rings is 1. The van der Waals surface area contributed by atoms with Crippen molar-refractivity contribution in [3.63, 3.8) is 0 Å². The van der Waals surface area contributed by atoms with Gasteiger partial charge >= 0.3 is 0 Å². The number of aromatic nitrogens is 3. The number of hydrogen-bond donors (Lipinski definition) is 1. The average molecular weight is 238 g/mol. The number of benzene rings is 1. The Balaban J connectivity index is 2.10. The van der Waals surface area contributed by atoms with Crippen molar-refractivity contribution in [1.29, 1.82) is 0 Å². The van der Waals surface area contributed by atoms with Gasteiger partial charge in [-0.1, -0.05) is 18.2 Å². The first-order valence-corrected chi connectivity index (χ1v) is 6.01. The maximum Gasteiger partial charge on any atom is 0.207 e. The van der Waals surface area contributed by atoms with Crippen molar-refractivity contribution in [3.8, 4) is 5.69 Å². The largest absolute Gasteiger partial charge is 0.356 e.